The van der Waals surface area contributed by atoms with E-state index >= 15 is 0 Å². The summed E-state index contributed by atoms with van der Waals surface area (Å²) in [6.07, 6.45) is -5.48. The predicted molar refractivity (Wildman–Crippen MR) is 126 cm³/mol. The van der Waals surface area contributed by atoms with E-state index in [9.17, 15) is 27.6 Å². The highest BCUT2D eigenvalue weighted by molar-refractivity contribution is 6.35. The molecular weight excluding hydrogens is 570 g/mol. The summed E-state index contributed by atoms with van der Waals surface area (Å²) in [5, 5.41) is 9.19. The summed E-state index contributed by atoms with van der Waals surface area (Å²) in [5.74, 6) is -4.27. The number of benzene rings is 2. The first kappa shape index (κ1) is 27.8. The molecule has 2 aromatic carbocycles. The fourth-order valence-corrected chi connectivity index (χ4v) is 3.86. The van der Waals surface area contributed by atoms with Gasteiger partial charge in [-0.2, -0.15) is 18.4 Å². The van der Waals surface area contributed by atoms with Crippen LogP contribution < -0.4 is 9.47 Å². The van der Waals surface area contributed by atoms with Crippen LogP contribution in [0.3, 0.4) is 0 Å². The van der Waals surface area contributed by atoms with Crippen LogP contribution in [0.4, 0.5) is 17.6 Å². The number of nitriles is 1. The van der Waals surface area contributed by atoms with Gasteiger partial charge in [-0.25, -0.2) is 9.37 Å². The largest absolute Gasteiger partial charge is 0.481 e. The second kappa shape index (κ2) is 11.1. The molecule has 0 aliphatic carbocycles. The summed E-state index contributed by atoms with van der Waals surface area (Å²) >= 11 is 23.8. The van der Waals surface area contributed by atoms with Gasteiger partial charge in [-0.15, -0.1) is 0 Å². The van der Waals surface area contributed by atoms with Crippen LogP contribution in [0.5, 0.6) is 17.4 Å². The molecule has 0 fully saturated rings. The summed E-state index contributed by atoms with van der Waals surface area (Å²) in [7, 11) is 0. The van der Waals surface area contributed by atoms with Gasteiger partial charge in [-0.05, 0) is 30.7 Å². The van der Waals surface area contributed by atoms with E-state index < -0.39 is 52.0 Å². The van der Waals surface area contributed by atoms with Crippen molar-refractivity contribution in [1.29, 1.82) is 5.26 Å². The summed E-state index contributed by atoms with van der Waals surface area (Å²) in [5.41, 5.74) is -0.915. The molecule has 0 N–H and O–H groups in total. The zero-order chi connectivity index (χ0) is 26.8. The van der Waals surface area contributed by atoms with Crippen LogP contribution in [0, 0.1) is 17.1 Å². The molecule has 13 heteroatoms. The molecule has 2 atom stereocenters. The molecule has 3 rings (SSSR count). The van der Waals surface area contributed by atoms with Crippen molar-refractivity contribution >= 4 is 52.2 Å². The zero-order valence-electron chi connectivity index (χ0n) is 17.8. The Balaban J connectivity index is 1.85. The number of nitrogens with zero attached hydrogens (tertiary/aromatic N) is 2. The molecule has 1 aromatic heterocycles. The number of carbonyl (C=O) groups excluding carboxylic acids is 1. The Morgan fingerprint density at radius 2 is 1.72 bits per heavy atom. The molecule has 0 radical (unpaired) electrons. The van der Waals surface area contributed by atoms with E-state index in [1.54, 1.807) is 0 Å². The molecule has 0 spiro atoms. The minimum absolute atomic E-state index is 0.103. The molecule has 0 amide bonds. The van der Waals surface area contributed by atoms with Crippen molar-refractivity contribution < 1.29 is 31.8 Å². The number of aromatic nitrogens is 1. The Labute approximate surface area is 222 Å². The average Bonchev–Trinajstić information content (AvgIpc) is 2.79. The van der Waals surface area contributed by atoms with Crippen LogP contribution in [0.25, 0.3) is 0 Å². The standard InChI is InChI=1S/C23H12Cl4F4N2O3/c1-10(21(34)14(8-32)13-3-2-12(24)5-15(13)25)35-19-7-20(18(28)6-16(19)26)36-22-17(27)4-11(9-33-22)23(29,30)31/h2-7,9-10,14H,1H3. The van der Waals surface area contributed by atoms with Gasteiger partial charge in [0.1, 0.15) is 16.7 Å². The lowest BCUT2D eigenvalue weighted by Crippen LogP contribution is -2.29. The average molecular weight is 582 g/mol. The van der Waals surface area contributed by atoms with Crippen molar-refractivity contribution in [2.45, 2.75) is 25.1 Å². The lowest BCUT2D eigenvalue weighted by atomic mass is 9.93. The highest BCUT2D eigenvalue weighted by Gasteiger charge is 2.32. The summed E-state index contributed by atoms with van der Waals surface area (Å²) < 4.78 is 63.7. The number of hydrogen-bond donors (Lipinski definition) is 0. The van der Waals surface area contributed by atoms with Gasteiger partial charge >= 0.3 is 6.18 Å². The van der Waals surface area contributed by atoms with E-state index in [1.165, 1.54) is 25.1 Å². The fraction of sp³-hybridized carbons (Fsp3) is 0.174. The van der Waals surface area contributed by atoms with Gasteiger partial charge in [0.05, 0.1) is 16.7 Å². The number of Topliss-reactive ketones (excluding diaryl/α,β-unsaturated/α-hetero) is 1. The first-order valence-electron chi connectivity index (χ1n) is 9.76. The summed E-state index contributed by atoms with van der Waals surface area (Å²) in [6, 6.07) is 8.47. The van der Waals surface area contributed by atoms with Gasteiger partial charge in [-0.1, -0.05) is 52.5 Å². The van der Waals surface area contributed by atoms with Crippen LogP contribution >= 0.6 is 46.4 Å². The van der Waals surface area contributed by atoms with E-state index in [1.807, 2.05) is 6.07 Å². The van der Waals surface area contributed by atoms with Gasteiger partial charge in [-0.3, -0.25) is 4.79 Å². The topological polar surface area (TPSA) is 72.2 Å². The number of ketones is 1. The molecule has 0 bridgehead atoms. The van der Waals surface area contributed by atoms with Crippen LogP contribution in [0.2, 0.25) is 20.1 Å². The normalized spacial score (nSPS) is 13.0. The quantitative estimate of drug-likeness (QED) is 0.262. The molecular formula is C23H12Cl4F4N2O3. The van der Waals surface area contributed by atoms with E-state index in [4.69, 9.17) is 55.9 Å². The summed E-state index contributed by atoms with van der Waals surface area (Å²) in [4.78, 5) is 16.4. The van der Waals surface area contributed by atoms with E-state index in [-0.39, 0.29) is 21.4 Å². The van der Waals surface area contributed by atoms with Crippen molar-refractivity contribution in [2.75, 3.05) is 0 Å². The molecule has 36 heavy (non-hydrogen) atoms. The Kier molecular flexibility index (Phi) is 8.57. The first-order valence-corrected chi connectivity index (χ1v) is 11.3. The van der Waals surface area contributed by atoms with Crippen LogP contribution in [0.15, 0.2) is 42.6 Å². The molecule has 0 aliphatic rings. The molecule has 0 aliphatic heterocycles. The van der Waals surface area contributed by atoms with Crippen molar-refractivity contribution in [3.8, 4) is 23.4 Å². The Morgan fingerprint density at radius 3 is 2.31 bits per heavy atom. The second-order valence-electron chi connectivity index (χ2n) is 7.21. The maximum atomic E-state index is 14.4. The van der Waals surface area contributed by atoms with E-state index in [2.05, 4.69) is 4.98 Å². The monoisotopic (exact) mass is 580 g/mol. The molecule has 2 unspecified atom stereocenters. The van der Waals surface area contributed by atoms with Crippen LogP contribution in [0.1, 0.15) is 24.0 Å². The lowest BCUT2D eigenvalue weighted by Gasteiger charge is -2.19. The van der Waals surface area contributed by atoms with Gasteiger partial charge < -0.3 is 9.47 Å². The molecule has 5 nitrogen and oxygen atoms in total. The third-order valence-electron chi connectivity index (χ3n) is 4.72. The molecule has 1 heterocycles. The number of alkyl halides is 3. The molecule has 0 saturated carbocycles. The third kappa shape index (κ3) is 6.31. The Bertz CT molecular complexity index is 1360. The van der Waals surface area contributed by atoms with Gasteiger partial charge in [0.25, 0.3) is 0 Å². The number of ether oxygens (including phenoxy) is 2. The van der Waals surface area contributed by atoms with Gasteiger partial charge in [0.15, 0.2) is 23.5 Å². The van der Waals surface area contributed by atoms with Crippen LogP contribution in [-0.4, -0.2) is 16.9 Å². The number of hydrogen-bond acceptors (Lipinski definition) is 5. The maximum Gasteiger partial charge on any atom is 0.417 e. The minimum Gasteiger partial charge on any atom is -0.481 e. The smallest absolute Gasteiger partial charge is 0.417 e. The van der Waals surface area contributed by atoms with Gasteiger partial charge in [0.2, 0.25) is 5.88 Å². The van der Waals surface area contributed by atoms with Crippen molar-refractivity contribution in [3.05, 3.63) is 79.6 Å². The lowest BCUT2D eigenvalue weighted by molar-refractivity contribution is -0.137. The highest BCUT2D eigenvalue weighted by atomic mass is 35.5. The molecule has 0 saturated heterocycles. The third-order valence-corrected chi connectivity index (χ3v) is 5.85. The number of rotatable bonds is 7. The zero-order valence-corrected chi connectivity index (χ0v) is 20.9. The number of halogens is 8. The van der Waals surface area contributed by atoms with Crippen molar-refractivity contribution in [3.63, 3.8) is 0 Å². The number of pyridine rings is 1. The minimum atomic E-state index is -4.69. The summed E-state index contributed by atoms with van der Waals surface area (Å²) in [6.45, 7) is 1.34. The Morgan fingerprint density at radius 1 is 1.03 bits per heavy atom. The van der Waals surface area contributed by atoms with Gasteiger partial charge in [0, 0.05) is 28.4 Å². The SMILES string of the molecule is CC(Oc1cc(Oc2ncc(C(F)(F)F)cc2Cl)c(F)cc1Cl)C(=O)C(C#N)c1ccc(Cl)cc1Cl. The van der Waals surface area contributed by atoms with Crippen molar-refractivity contribution in [2.24, 2.45) is 0 Å². The number of carbonyl (C=O) groups is 1. The maximum absolute atomic E-state index is 14.4. The first-order chi connectivity index (χ1) is 16.8. The van der Waals surface area contributed by atoms with E-state index in [0.29, 0.717) is 17.3 Å². The molecule has 3 aromatic rings. The highest BCUT2D eigenvalue weighted by Crippen LogP contribution is 2.38. The van der Waals surface area contributed by atoms with E-state index in [0.717, 1.165) is 12.1 Å². The fourth-order valence-electron chi connectivity index (χ4n) is 2.94. The van der Waals surface area contributed by atoms with Crippen LogP contribution in [-0.2, 0) is 11.0 Å². The Hall–Kier alpha value is -2.77. The van der Waals surface area contributed by atoms with Crippen molar-refractivity contribution in [1.82, 2.24) is 4.98 Å². The predicted octanol–water partition coefficient (Wildman–Crippen LogP) is 8.29. The second-order valence-corrected chi connectivity index (χ2v) is 8.87. The molecule has 188 valence electrons.